The second kappa shape index (κ2) is 8.95. The van der Waals surface area contributed by atoms with Crippen LogP contribution in [0.5, 0.6) is 0 Å². The molecule has 154 valence electrons. The van der Waals surface area contributed by atoms with Crippen LogP contribution in [-0.2, 0) is 4.79 Å². The third-order valence-corrected chi connectivity index (χ3v) is 6.51. The summed E-state index contributed by atoms with van der Waals surface area (Å²) in [6, 6.07) is 7.48. The monoisotopic (exact) mass is 449 g/mol. The van der Waals surface area contributed by atoms with E-state index in [0.29, 0.717) is 18.7 Å². The van der Waals surface area contributed by atoms with Crippen LogP contribution >= 0.6 is 15.9 Å². The Bertz CT molecular complexity index is 691. The standard InChI is InChI=1S/C22H32BrN3O2/c1-22(2,3)26-12-4-11-24(15-16-26)21(28)18-9-13-25(14-10-18)20(27)17-5-7-19(23)8-6-17/h5-8,18H,4,9-16H2,1-3H3. The number of amides is 2. The van der Waals surface area contributed by atoms with Crippen LogP contribution in [0.15, 0.2) is 28.7 Å². The summed E-state index contributed by atoms with van der Waals surface area (Å²) in [5.74, 6) is 0.399. The number of halogens is 1. The molecule has 0 atom stereocenters. The molecule has 1 aromatic rings. The topological polar surface area (TPSA) is 43.9 Å². The van der Waals surface area contributed by atoms with Gasteiger partial charge in [-0.2, -0.15) is 0 Å². The van der Waals surface area contributed by atoms with Gasteiger partial charge in [-0.1, -0.05) is 15.9 Å². The zero-order valence-electron chi connectivity index (χ0n) is 17.3. The van der Waals surface area contributed by atoms with Crippen LogP contribution < -0.4 is 0 Å². The first-order valence-corrected chi connectivity index (χ1v) is 11.1. The van der Waals surface area contributed by atoms with Gasteiger partial charge in [0.1, 0.15) is 0 Å². The highest BCUT2D eigenvalue weighted by Crippen LogP contribution is 2.23. The van der Waals surface area contributed by atoms with Gasteiger partial charge in [-0.05, 0) is 64.3 Å². The minimum atomic E-state index is 0.0511. The van der Waals surface area contributed by atoms with Gasteiger partial charge < -0.3 is 9.80 Å². The fourth-order valence-electron chi connectivity index (χ4n) is 4.17. The number of carbonyl (C=O) groups excluding carboxylic acids is 2. The second-order valence-corrected chi connectivity index (χ2v) is 9.83. The minimum Gasteiger partial charge on any atom is -0.341 e. The van der Waals surface area contributed by atoms with Gasteiger partial charge >= 0.3 is 0 Å². The van der Waals surface area contributed by atoms with Gasteiger partial charge in [0.25, 0.3) is 5.91 Å². The van der Waals surface area contributed by atoms with Crippen LogP contribution in [-0.4, -0.2) is 71.3 Å². The Kier molecular flexibility index (Phi) is 6.81. The van der Waals surface area contributed by atoms with E-state index in [2.05, 4.69) is 46.5 Å². The molecule has 2 saturated heterocycles. The van der Waals surface area contributed by atoms with Gasteiger partial charge in [0, 0.05) is 60.8 Å². The van der Waals surface area contributed by atoms with Gasteiger partial charge in [0.15, 0.2) is 0 Å². The molecule has 0 N–H and O–H groups in total. The fourth-order valence-corrected chi connectivity index (χ4v) is 4.44. The highest BCUT2D eigenvalue weighted by atomic mass is 79.9. The van der Waals surface area contributed by atoms with E-state index in [-0.39, 0.29) is 23.3 Å². The molecule has 1 aromatic carbocycles. The van der Waals surface area contributed by atoms with E-state index in [1.807, 2.05) is 29.2 Å². The molecule has 0 bridgehead atoms. The quantitative estimate of drug-likeness (QED) is 0.691. The number of carbonyl (C=O) groups is 2. The number of nitrogens with zero attached hydrogens (tertiary/aromatic N) is 3. The van der Waals surface area contributed by atoms with E-state index in [4.69, 9.17) is 0 Å². The molecule has 3 rings (SSSR count). The first kappa shape index (κ1) is 21.3. The molecule has 0 radical (unpaired) electrons. The van der Waals surface area contributed by atoms with Crippen molar-refractivity contribution in [3.63, 3.8) is 0 Å². The highest BCUT2D eigenvalue weighted by Gasteiger charge is 2.32. The maximum atomic E-state index is 13.0. The number of hydrogen-bond acceptors (Lipinski definition) is 3. The van der Waals surface area contributed by atoms with Crippen LogP contribution in [0.4, 0.5) is 0 Å². The summed E-state index contributed by atoms with van der Waals surface area (Å²) >= 11 is 3.40. The van der Waals surface area contributed by atoms with Crippen molar-refractivity contribution in [2.45, 2.75) is 45.6 Å². The van der Waals surface area contributed by atoms with Gasteiger partial charge in [-0.3, -0.25) is 14.5 Å². The zero-order chi connectivity index (χ0) is 20.3. The van der Waals surface area contributed by atoms with Gasteiger partial charge in [0.2, 0.25) is 5.91 Å². The van der Waals surface area contributed by atoms with Crippen LogP contribution in [0, 0.1) is 5.92 Å². The Morgan fingerprint density at radius 3 is 2.14 bits per heavy atom. The number of likely N-dealkylation sites (tertiary alicyclic amines) is 1. The molecule has 2 amide bonds. The lowest BCUT2D eigenvalue weighted by Gasteiger charge is -2.35. The van der Waals surface area contributed by atoms with Crippen molar-refractivity contribution in [2.75, 3.05) is 39.3 Å². The fraction of sp³-hybridized carbons (Fsp3) is 0.636. The van der Waals surface area contributed by atoms with Crippen molar-refractivity contribution in [1.29, 1.82) is 0 Å². The molecule has 5 nitrogen and oxygen atoms in total. The second-order valence-electron chi connectivity index (χ2n) is 8.91. The summed E-state index contributed by atoms with van der Waals surface area (Å²) in [6.07, 6.45) is 2.56. The van der Waals surface area contributed by atoms with E-state index < -0.39 is 0 Å². The van der Waals surface area contributed by atoms with Crippen molar-refractivity contribution >= 4 is 27.7 Å². The molecule has 2 heterocycles. The maximum absolute atomic E-state index is 13.0. The number of hydrogen-bond donors (Lipinski definition) is 0. The third-order valence-electron chi connectivity index (χ3n) is 5.98. The normalized spacial score (nSPS) is 20.1. The molecule has 2 aliphatic rings. The predicted octanol–water partition coefficient (Wildman–Crippen LogP) is 3.63. The van der Waals surface area contributed by atoms with E-state index in [0.717, 1.165) is 49.9 Å². The summed E-state index contributed by atoms with van der Waals surface area (Å²) < 4.78 is 0.968. The molecule has 0 aromatic heterocycles. The first-order valence-electron chi connectivity index (χ1n) is 10.3. The zero-order valence-corrected chi connectivity index (χ0v) is 18.9. The van der Waals surface area contributed by atoms with Gasteiger partial charge in [-0.15, -0.1) is 0 Å². The molecule has 0 spiro atoms. The average Bonchev–Trinajstić information content (AvgIpc) is 2.94. The van der Waals surface area contributed by atoms with Gasteiger partial charge in [0.05, 0.1) is 0 Å². The molecular formula is C22H32BrN3O2. The molecule has 28 heavy (non-hydrogen) atoms. The Labute approximate surface area is 177 Å². The van der Waals surface area contributed by atoms with Crippen LogP contribution in [0.1, 0.15) is 50.4 Å². The summed E-state index contributed by atoms with van der Waals surface area (Å²) in [5, 5.41) is 0. The lowest BCUT2D eigenvalue weighted by Crippen LogP contribution is -2.46. The number of piperidine rings is 1. The lowest BCUT2D eigenvalue weighted by atomic mass is 9.94. The van der Waals surface area contributed by atoms with Crippen molar-refractivity contribution in [1.82, 2.24) is 14.7 Å². The summed E-state index contributed by atoms with van der Waals surface area (Å²) in [4.78, 5) is 32.1. The van der Waals surface area contributed by atoms with Crippen molar-refractivity contribution in [2.24, 2.45) is 5.92 Å². The molecule has 0 unspecified atom stereocenters. The Hall–Kier alpha value is -1.40. The smallest absolute Gasteiger partial charge is 0.253 e. The van der Waals surface area contributed by atoms with Crippen LogP contribution in [0.3, 0.4) is 0 Å². The van der Waals surface area contributed by atoms with Gasteiger partial charge in [-0.25, -0.2) is 0 Å². The molecule has 6 heteroatoms. The Balaban J connectivity index is 1.52. The van der Waals surface area contributed by atoms with Crippen LogP contribution in [0.25, 0.3) is 0 Å². The summed E-state index contributed by atoms with van der Waals surface area (Å²) in [7, 11) is 0. The predicted molar refractivity (Wildman–Crippen MR) is 115 cm³/mol. The molecular weight excluding hydrogens is 418 g/mol. The first-order chi connectivity index (χ1) is 13.3. The van der Waals surface area contributed by atoms with Crippen molar-refractivity contribution < 1.29 is 9.59 Å². The van der Waals surface area contributed by atoms with Crippen molar-refractivity contribution in [3.05, 3.63) is 34.3 Å². The Morgan fingerprint density at radius 1 is 0.893 bits per heavy atom. The van der Waals surface area contributed by atoms with E-state index in [1.54, 1.807) is 0 Å². The Morgan fingerprint density at radius 2 is 1.54 bits per heavy atom. The minimum absolute atomic E-state index is 0.0511. The molecule has 2 aliphatic heterocycles. The molecule has 2 fully saturated rings. The average molecular weight is 450 g/mol. The highest BCUT2D eigenvalue weighted by molar-refractivity contribution is 9.10. The SMILES string of the molecule is CC(C)(C)N1CCCN(C(=O)C2CCN(C(=O)c3ccc(Br)cc3)CC2)CC1. The molecule has 0 saturated carbocycles. The lowest BCUT2D eigenvalue weighted by molar-refractivity contribution is -0.136. The number of rotatable bonds is 2. The summed E-state index contributed by atoms with van der Waals surface area (Å²) in [5.41, 5.74) is 0.861. The van der Waals surface area contributed by atoms with Crippen molar-refractivity contribution in [3.8, 4) is 0 Å². The third kappa shape index (κ3) is 5.15. The van der Waals surface area contributed by atoms with E-state index in [1.165, 1.54) is 0 Å². The molecule has 0 aliphatic carbocycles. The largest absolute Gasteiger partial charge is 0.341 e. The maximum Gasteiger partial charge on any atom is 0.253 e. The number of benzene rings is 1. The summed E-state index contributed by atoms with van der Waals surface area (Å²) in [6.45, 7) is 11.7. The van der Waals surface area contributed by atoms with Crippen LogP contribution in [0.2, 0.25) is 0 Å². The van der Waals surface area contributed by atoms with E-state index >= 15 is 0 Å². The van der Waals surface area contributed by atoms with E-state index in [9.17, 15) is 9.59 Å².